The second-order valence-electron chi connectivity index (χ2n) is 4.51. The zero-order valence-electron chi connectivity index (χ0n) is 12.4. The summed E-state index contributed by atoms with van der Waals surface area (Å²) in [5.41, 5.74) is -1.77. The third kappa shape index (κ3) is 3.58. The SMILES string of the molecule is CCCNC(=O)c1cnn(-c2ccc(OC)nn2)c1C(F)(F)F. The van der Waals surface area contributed by atoms with Crippen LogP contribution >= 0.6 is 0 Å². The molecule has 1 N–H and O–H groups in total. The summed E-state index contributed by atoms with van der Waals surface area (Å²) < 4.78 is 45.4. The van der Waals surface area contributed by atoms with E-state index in [1.165, 1.54) is 19.2 Å². The van der Waals surface area contributed by atoms with Crippen LogP contribution in [-0.4, -0.2) is 39.5 Å². The van der Waals surface area contributed by atoms with E-state index in [4.69, 9.17) is 4.74 Å². The molecule has 23 heavy (non-hydrogen) atoms. The minimum atomic E-state index is -4.78. The van der Waals surface area contributed by atoms with Crippen molar-refractivity contribution in [2.45, 2.75) is 19.5 Å². The highest BCUT2D eigenvalue weighted by molar-refractivity contribution is 5.95. The molecule has 0 aliphatic carbocycles. The molecule has 2 rings (SSSR count). The van der Waals surface area contributed by atoms with Crippen molar-refractivity contribution in [3.63, 3.8) is 0 Å². The Labute approximate surface area is 129 Å². The van der Waals surface area contributed by atoms with Gasteiger partial charge in [0, 0.05) is 12.6 Å². The molecule has 0 fully saturated rings. The van der Waals surface area contributed by atoms with Gasteiger partial charge >= 0.3 is 6.18 Å². The molecule has 0 aromatic carbocycles. The van der Waals surface area contributed by atoms with Crippen LogP contribution in [0.4, 0.5) is 13.2 Å². The third-order valence-electron chi connectivity index (χ3n) is 2.87. The van der Waals surface area contributed by atoms with Crippen LogP contribution in [0.25, 0.3) is 5.82 Å². The van der Waals surface area contributed by atoms with Crippen molar-refractivity contribution in [2.75, 3.05) is 13.7 Å². The van der Waals surface area contributed by atoms with Crippen molar-refractivity contribution in [1.82, 2.24) is 25.3 Å². The van der Waals surface area contributed by atoms with Gasteiger partial charge in [0.25, 0.3) is 5.91 Å². The number of hydrogen-bond acceptors (Lipinski definition) is 5. The average molecular weight is 329 g/mol. The highest BCUT2D eigenvalue weighted by atomic mass is 19.4. The first-order valence-corrected chi connectivity index (χ1v) is 6.70. The predicted molar refractivity (Wildman–Crippen MR) is 73.3 cm³/mol. The first-order chi connectivity index (χ1) is 10.9. The van der Waals surface area contributed by atoms with Gasteiger partial charge in [-0.15, -0.1) is 10.2 Å². The van der Waals surface area contributed by atoms with Gasteiger partial charge in [0.15, 0.2) is 11.5 Å². The lowest BCUT2D eigenvalue weighted by atomic mass is 10.2. The minimum Gasteiger partial charge on any atom is -0.480 e. The first-order valence-electron chi connectivity index (χ1n) is 6.70. The van der Waals surface area contributed by atoms with Crippen molar-refractivity contribution in [2.24, 2.45) is 0 Å². The Balaban J connectivity index is 2.47. The van der Waals surface area contributed by atoms with Crippen LogP contribution in [0.3, 0.4) is 0 Å². The Morgan fingerprint density at radius 2 is 2.09 bits per heavy atom. The molecule has 0 radical (unpaired) electrons. The quantitative estimate of drug-likeness (QED) is 0.905. The molecule has 0 saturated heterocycles. The molecular weight excluding hydrogens is 315 g/mol. The fraction of sp³-hybridized carbons (Fsp3) is 0.385. The number of amides is 1. The van der Waals surface area contributed by atoms with E-state index in [9.17, 15) is 18.0 Å². The predicted octanol–water partition coefficient (Wildman–Crippen LogP) is 1.83. The average Bonchev–Trinajstić information content (AvgIpc) is 2.98. The maximum Gasteiger partial charge on any atom is 0.434 e. The second kappa shape index (κ2) is 6.63. The van der Waals surface area contributed by atoms with E-state index in [1.54, 1.807) is 6.92 Å². The number of methoxy groups -OCH3 is 1. The van der Waals surface area contributed by atoms with E-state index in [-0.39, 0.29) is 18.2 Å². The van der Waals surface area contributed by atoms with Gasteiger partial charge in [-0.1, -0.05) is 6.92 Å². The molecule has 2 aromatic heterocycles. The van der Waals surface area contributed by atoms with Crippen molar-refractivity contribution < 1.29 is 22.7 Å². The van der Waals surface area contributed by atoms with Crippen LogP contribution in [0.2, 0.25) is 0 Å². The Hall–Kier alpha value is -2.65. The van der Waals surface area contributed by atoms with Crippen LogP contribution in [0.15, 0.2) is 18.3 Å². The van der Waals surface area contributed by atoms with Crippen molar-refractivity contribution in [1.29, 1.82) is 0 Å². The van der Waals surface area contributed by atoms with E-state index in [1.807, 2.05) is 0 Å². The van der Waals surface area contributed by atoms with Crippen LogP contribution in [0, 0.1) is 0 Å². The number of aromatic nitrogens is 4. The number of carbonyl (C=O) groups excluding carboxylic acids is 1. The van der Waals surface area contributed by atoms with Gasteiger partial charge in [-0.05, 0) is 12.5 Å². The monoisotopic (exact) mass is 329 g/mol. The molecule has 0 atom stereocenters. The molecule has 2 heterocycles. The summed E-state index contributed by atoms with van der Waals surface area (Å²) in [6.45, 7) is 2.06. The third-order valence-corrected chi connectivity index (χ3v) is 2.87. The summed E-state index contributed by atoms with van der Waals surface area (Å²) in [5, 5.41) is 13.2. The number of ether oxygens (including phenoxy) is 1. The number of halogens is 3. The molecule has 2 aromatic rings. The van der Waals surface area contributed by atoms with Crippen molar-refractivity contribution in [3.05, 3.63) is 29.6 Å². The smallest absolute Gasteiger partial charge is 0.434 e. The summed E-state index contributed by atoms with van der Waals surface area (Å²) in [5.74, 6) is -0.866. The summed E-state index contributed by atoms with van der Waals surface area (Å²) in [6, 6.07) is 2.61. The topological polar surface area (TPSA) is 81.9 Å². The largest absolute Gasteiger partial charge is 0.480 e. The maximum absolute atomic E-state index is 13.3. The number of alkyl halides is 3. The molecule has 1 amide bonds. The van der Waals surface area contributed by atoms with Gasteiger partial charge in [-0.3, -0.25) is 4.79 Å². The lowest BCUT2D eigenvalue weighted by Gasteiger charge is -2.12. The number of rotatable bonds is 5. The summed E-state index contributed by atoms with van der Waals surface area (Å²) in [7, 11) is 1.36. The van der Waals surface area contributed by atoms with Crippen molar-refractivity contribution >= 4 is 5.91 Å². The van der Waals surface area contributed by atoms with Gasteiger partial charge in [0.2, 0.25) is 5.88 Å². The molecule has 0 aliphatic rings. The van der Waals surface area contributed by atoms with Gasteiger partial charge in [0.05, 0.1) is 18.9 Å². The fourth-order valence-electron chi connectivity index (χ4n) is 1.83. The van der Waals surface area contributed by atoms with E-state index in [2.05, 4.69) is 20.6 Å². The summed E-state index contributed by atoms with van der Waals surface area (Å²) in [6.07, 6.45) is -3.32. The zero-order chi connectivity index (χ0) is 17.0. The number of nitrogens with zero attached hydrogens (tertiary/aromatic N) is 4. The number of hydrogen-bond donors (Lipinski definition) is 1. The normalized spacial score (nSPS) is 11.3. The van der Waals surface area contributed by atoms with E-state index >= 15 is 0 Å². The van der Waals surface area contributed by atoms with Gasteiger partial charge in [0.1, 0.15) is 0 Å². The van der Waals surface area contributed by atoms with E-state index < -0.39 is 23.3 Å². The van der Waals surface area contributed by atoms with Crippen LogP contribution in [0.1, 0.15) is 29.4 Å². The van der Waals surface area contributed by atoms with E-state index in [0.717, 1.165) is 6.20 Å². The highest BCUT2D eigenvalue weighted by Crippen LogP contribution is 2.33. The summed E-state index contributed by atoms with van der Waals surface area (Å²) >= 11 is 0. The minimum absolute atomic E-state index is 0.148. The molecule has 0 unspecified atom stereocenters. The lowest BCUT2D eigenvalue weighted by Crippen LogP contribution is -2.27. The lowest BCUT2D eigenvalue weighted by molar-refractivity contribution is -0.143. The molecule has 0 bridgehead atoms. The summed E-state index contributed by atoms with van der Waals surface area (Å²) in [4.78, 5) is 11.9. The first kappa shape index (κ1) is 16.7. The highest BCUT2D eigenvalue weighted by Gasteiger charge is 2.40. The Kier molecular flexibility index (Phi) is 4.82. The van der Waals surface area contributed by atoms with Gasteiger partial charge in [-0.25, -0.2) is 4.68 Å². The Morgan fingerprint density at radius 1 is 1.35 bits per heavy atom. The molecule has 124 valence electrons. The molecule has 0 aliphatic heterocycles. The second-order valence-corrected chi connectivity index (χ2v) is 4.51. The molecule has 10 heteroatoms. The molecule has 0 spiro atoms. The van der Waals surface area contributed by atoms with Gasteiger partial charge < -0.3 is 10.1 Å². The molecule has 0 saturated carbocycles. The number of nitrogens with one attached hydrogen (secondary N) is 1. The molecular formula is C13H14F3N5O2. The standard InChI is InChI=1S/C13H14F3N5O2/c1-3-6-17-12(22)8-7-18-21(11(8)13(14,15)16)9-4-5-10(23-2)20-19-9/h4-5,7H,3,6H2,1-2H3,(H,17,22). The number of carbonyl (C=O) groups is 1. The van der Waals surface area contributed by atoms with Crippen LogP contribution in [-0.2, 0) is 6.18 Å². The maximum atomic E-state index is 13.3. The van der Waals surface area contributed by atoms with Crippen LogP contribution < -0.4 is 10.1 Å². The van der Waals surface area contributed by atoms with Crippen LogP contribution in [0.5, 0.6) is 5.88 Å². The Morgan fingerprint density at radius 3 is 2.61 bits per heavy atom. The fourth-order valence-corrected chi connectivity index (χ4v) is 1.83. The van der Waals surface area contributed by atoms with Gasteiger partial charge in [-0.2, -0.15) is 18.3 Å². The zero-order valence-corrected chi connectivity index (χ0v) is 12.4. The van der Waals surface area contributed by atoms with Crippen molar-refractivity contribution in [3.8, 4) is 11.7 Å². The molecule has 7 nitrogen and oxygen atoms in total. The Bertz CT molecular complexity index is 682. The van der Waals surface area contributed by atoms with E-state index in [0.29, 0.717) is 11.1 Å².